The number of hydrogen-bond acceptors (Lipinski definition) is 6. The molecule has 3 aromatic rings. The third kappa shape index (κ3) is 2.77. The van der Waals surface area contributed by atoms with Gasteiger partial charge < -0.3 is 4.74 Å². The van der Waals surface area contributed by atoms with Gasteiger partial charge in [0.05, 0.1) is 29.7 Å². The first-order valence-corrected chi connectivity index (χ1v) is 9.51. The van der Waals surface area contributed by atoms with Crippen molar-refractivity contribution in [2.45, 2.75) is 25.9 Å². The molecular formula is C20H16F2N6O2. The zero-order valence-electron chi connectivity index (χ0n) is 15.7. The van der Waals surface area contributed by atoms with Crippen molar-refractivity contribution in [1.82, 2.24) is 19.6 Å². The molecule has 1 saturated carbocycles. The lowest BCUT2D eigenvalue weighted by atomic mass is 9.83. The molecule has 10 heteroatoms. The van der Waals surface area contributed by atoms with Gasteiger partial charge in [-0.25, -0.2) is 14.5 Å². The maximum atomic E-state index is 13.3. The van der Waals surface area contributed by atoms with Crippen LogP contribution in [0.25, 0.3) is 16.8 Å². The van der Waals surface area contributed by atoms with Gasteiger partial charge in [-0.1, -0.05) is 0 Å². The molecule has 1 saturated heterocycles. The first kappa shape index (κ1) is 18.4. The number of hydrogen-bond donors (Lipinski definition) is 0. The first-order valence-electron chi connectivity index (χ1n) is 9.51. The van der Waals surface area contributed by atoms with Crippen LogP contribution in [-0.4, -0.2) is 38.6 Å². The second-order valence-electron chi connectivity index (χ2n) is 7.41. The third-order valence-corrected chi connectivity index (χ3v) is 5.70. The minimum absolute atomic E-state index is 0.0773. The van der Waals surface area contributed by atoms with Gasteiger partial charge in [-0.05, 0) is 43.4 Å². The number of rotatable bonds is 5. The number of nitrogens with zero attached hydrogens (tertiary/aromatic N) is 6. The maximum absolute atomic E-state index is 13.3. The van der Waals surface area contributed by atoms with E-state index in [-0.39, 0.29) is 29.0 Å². The van der Waals surface area contributed by atoms with Crippen LogP contribution in [0.5, 0.6) is 5.88 Å². The number of anilines is 1. The van der Waals surface area contributed by atoms with Gasteiger partial charge in [0, 0.05) is 12.7 Å². The van der Waals surface area contributed by atoms with Gasteiger partial charge in [-0.2, -0.15) is 19.1 Å². The monoisotopic (exact) mass is 410 g/mol. The molecule has 1 aliphatic carbocycles. The Hall–Kier alpha value is -3.61. The Balaban J connectivity index is 1.62. The summed E-state index contributed by atoms with van der Waals surface area (Å²) in [6.07, 6.45) is 6.64. The highest BCUT2D eigenvalue weighted by Gasteiger charge is 2.57. The second-order valence-corrected chi connectivity index (χ2v) is 7.41. The van der Waals surface area contributed by atoms with Crippen molar-refractivity contribution < 1.29 is 18.3 Å². The van der Waals surface area contributed by atoms with E-state index in [1.165, 1.54) is 15.6 Å². The molecule has 4 heterocycles. The Bertz CT molecular complexity index is 1190. The Morgan fingerprint density at radius 2 is 2.13 bits per heavy atom. The fraction of sp³-hybridized carbons (Fsp3) is 0.350. The van der Waals surface area contributed by atoms with Crippen LogP contribution in [0.4, 0.5) is 14.6 Å². The average molecular weight is 410 g/mol. The van der Waals surface area contributed by atoms with E-state index >= 15 is 0 Å². The summed E-state index contributed by atoms with van der Waals surface area (Å²) in [6.45, 7) is -2.69. The number of aromatic nitrogens is 4. The number of carbonyl (C=O) groups excluding carboxylic acids is 1. The summed E-state index contributed by atoms with van der Waals surface area (Å²) in [6, 6.07) is 7.10. The summed E-state index contributed by atoms with van der Waals surface area (Å²) < 4.78 is 31.7. The molecule has 5 rings (SSSR count). The van der Waals surface area contributed by atoms with Crippen molar-refractivity contribution in [2.75, 3.05) is 11.4 Å². The SMILES string of the molecule is N#C[C@@]1(C2CC2)CCN(c2nc(-c3cccnc3OC(F)F)cn3nccc23)C1=O. The zero-order chi connectivity index (χ0) is 20.9. The van der Waals surface area contributed by atoms with Gasteiger partial charge in [-0.15, -0.1) is 0 Å². The Morgan fingerprint density at radius 3 is 2.87 bits per heavy atom. The molecule has 8 nitrogen and oxygen atoms in total. The Kier molecular flexibility index (Phi) is 4.13. The smallest absolute Gasteiger partial charge is 0.388 e. The number of amides is 1. The molecule has 0 N–H and O–H groups in total. The number of alkyl halides is 2. The molecule has 2 aliphatic rings. The van der Waals surface area contributed by atoms with E-state index in [9.17, 15) is 18.8 Å². The summed E-state index contributed by atoms with van der Waals surface area (Å²) in [4.78, 5) is 23.2. The second kappa shape index (κ2) is 6.73. The lowest BCUT2D eigenvalue weighted by Gasteiger charge is -2.21. The molecule has 0 radical (unpaired) electrons. The molecule has 1 atom stereocenters. The summed E-state index contributed by atoms with van der Waals surface area (Å²) in [7, 11) is 0. The Morgan fingerprint density at radius 1 is 1.30 bits per heavy atom. The van der Waals surface area contributed by atoms with E-state index in [1.807, 2.05) is 0 Å². The summed E-state index contributed by atoms with van der Waals surface area (Å²) in [5, 5.41) is 14.0. The summed E-state index contributed by atoms with van der Waals surface area (Å²) >= 11 is 0. The molecule has 0 bridgehead atoms. The topological polar surface area (TPSA) is 96.4 Å². The van der Waals surface area contributed by atoms with Gasteiger partial charge in [0.15, 0.2) is 5.82 Å². The van der Waals surface area contributed by atoms with Gasteiger partial charge in [0.25, 0.3) is 0 Å². The molecule has 1 aliphatic heterocycles. The number of pyridine rings is 1. The van der Waals surface area contributed by atoms with Crippen molar-refractivity contribution in [2.24, 2.45) is 11.3 Å². The number of carbonyl (C=O) groups is 1. The average Bonchev–Trinajstić information content (AvgIpc) is 3.38. The third-order valence-electron chi connectivity index (χ3n) is 5.70. The zero-order valence-corrected chi connectivity index (χ0v) is 15.7. The van der Waals surface area contributed by atoms with Crippen molar-refractivity contribution >= 4 is 17.2 Å². The van der Waals surface area contributed by atoms with Crippen molar-refractivity contribution in [3.63, 3.8) is 0 Å². The fourth-order valence-electron chi connectivity index (χ4n) is 4.09. The highest BCUT2D eigenvalue weighted by atomic mass is 19.3. The minimum atomic E-state index is -3.04. The van der Waals surface area contributed by atoms with E-state index in [0.717, 1.165) is 12.8 Å². The Labute approximate surface area is 169 Å². The lowest BCUT2D eigenvalue weighted by Crippen LogP contribution is -2.36. The van der Waals surface area contributed by atoms with Crippen molar-refractivity contribution in [1.29, 1.82) is 5.26 Å². The van der Waals surface area contributed by atoms with Crippen LogP contribution >= 0.6 is 0 Å². The number of ether oxygens (including phenoxy) is 1. The molecular weight excluding hydrogens is 394 g/mol. The molecule has 2 fully saturated rings. The van der Waals surface area contributed by atoms with E-state index in [1.54, 1.807) is 30.6 Å². The standard InChI is InChI=1S/C20H16F2N6O2/c21-19(22)30-17-13(2-1-7-24-17)14-10-28-15(5-8-25-28)16(26-14)27-9-6-20(11-23,18(27)29)12-3-4-12/h1-2,5,7-8,10,12,19H,3-4,6,9H2/t20-/m1/s1. The van der Waals surface area contributed by atoms with Crippen LogP contribution in [-0.2, 0) is 4.79 Å². The summed E-state index contributed by atoms with van der Waals surface area (Å²) in [5.74, 6) is -0.127. The molecule has 0 aromatic carbocycles. The molecule has 3 aromatic heterocycles. The quantitative estimate of drug-likeness (QED) is 0.641. The van der Waals surface area contributed by atoms with Crippen LogP contribution in [0.3, 0.4) is 0 Å². The number of halogens is 2. The largest absolute Gasteiger partial charge is 0.416 e. The van der Waals surface area contributed by atoms with Crippen molar-refractivity contribution in [3.05, 3.63) is 36.8 Å². The predicted molar refractivity (Wildman–Crippen MR) is 101 cm³/mol. The van der Waals surface area contributed by atoms with Gasteiger partial charge in [0.2, 0.25) is 11.8 Å². The summed E-state index contributed by atoms with van der Waals surface area (Å²) in [5.41, 5.74) is 0.0831. The van der Waals surface area contributed by atoms with Gasteiger partial charge >= 0.3 is 6.61 Å². The highest BCUT2D eigenvalue weighted by Crippen LogP contribution is 2.52. The van der Waals surface area contributed by atoms with Crippen LogP contribution < -0.4 is 9.64 Å². The van der Waals surface area contributed by atoms with Crippen LogP contribution in [0.2, 0.25) is 0 Å². The van der Waals surface area contributed by atoms with Gasteiger partial charge in [-0.3, -0.25) is 9.69 Å². The van der Waals surface area contributed by atoms with Crippen LogP contribution in [0, 0.1) is 22.7 Å². The number of nitriles is 1. The normalized spacial score (nSPS) is 21.4. The van der Waals surface area contributed by atoms with E-state index in [4.69, 9.17) is 0 Å². The highest BCUT2D eigenvalue weighted by molar-refractivity contribution is 6.04. The molecule has 0 spiro atoms. The van der Waals surface area contributed by atoms with E-state index < -0.39 is 12.0 Å². The van der Waals surface area contributed by atoms with E-state index in [2.05, 4.69) is 25.9 Å². The molecule has 30 heavy (non-hydrogen) atoms. The first-order chi connectivity index (χ1) is 14.5. The van der Waals surface area contributed by atoms with Crippen molar-refractivity contribution in [3.8, 4) is 23.2 Å². The fourth-order valence-corrected chi connectivity index (χ4v) is 4.09. The van der Waals surface area contributed by atoms with Crippen LogP contribution in [0.15, 0.2) is 36.8 Å². The predicted octanol–water partition coefficient (Wildman–Crippen LogP) is 3.05. The minimum Gasteiger partial charge on any atom is -0.416 e. The maximum Gasteiger partial charge on any atom is 0.388 e. The van der Waals surface area contributed by atoms with Gasteiger partial charge in [0.1, 0.15) is 10.9 Å². The molecule has 0 unspecified atom stereocenters. The molecule has 1 amide bonds. The lowest BCUT2D eigenvalue weighted by molar-refractivity contribution is -0.123. The molecule has 152 valence electrons. The number of fused-ring (bicyclic) bond motifs is 1. The van der Waals surface area contributed by atoms with E-state index in [0.29, 0.717) is 24.3 Å². The van der Waals surface area contributed by atoms with Crippen LogP contribution in [0.1, 0.15) is 19.3 Å².